The molecular formula is C12H24B2O3. The van der Waals surface area contributed by atoms with Crippen molar-refractivity contribution in [1.29, 1.82) is 0 Å². The van der Waals surface area contributed by atoms with Gasteiger partial charge in [-0.3, -0.25) is 0 Å². The highest BCUT2D eigenvalue weighted by Gasteiger charge is 2.63. The van der Waals surface area contributed by atoms with Crippen molar-refractivity contribution in [2.24, 2.45) is 0 Å². The lowest BCUT2D eigenvalue weighted by Gasteiger charge is -2.58. The van der Waals surface area contributed by atoms with Crippen molar-refractivity contribution in [1.82, 2.24) is 0 Å². The molecule has 1 fully saturated rings. The molecule has 17 heavy (non-hydrogen) atoms. The molecule has 0 amide bonds. The summed E-state index contributed by atoms with van der Waals surface area (Å²) in [6, 6.07) is 0. The monoisotopic (exact) mass is 238 g/mol. The van der Waals surface area contributed by atoms with Gasteiger partial charge in [0.05, 0.1) is 16.8 Å². The van der Waals surface area contributed by atoms with Crippen LogP contribution in [0.2, 0.25) is 5.31 Å². The van der Waals surface area contributed by atoms with Crippen LogP contribution in [0, 0.1) is 0 Å². The van der Waals surface area contributed by atoms with Crippen molar-refractivity contribution >= 4 is 15.2 Å². The Bertz CT molecular complexity index is 298. The average Bonchev–Trinajstić information content (AvgIpc) is 2.16. The summed E-state index contributed by atoms with van der Waals surface area (Å²) in [4.78, 5) is 0. The summed E-state index contributed by atoms with van der Waals surface area (Å²) in [7, 11) is 5.09. The third kappa shape index (κ3) is 2.29. The Morgan fingerprint density at radius 1 is 1.00 bits per heavy atom. The van der Waals surface area contributed by atoms with Gasteiger partial charge in [0, 0.05) is 5.31 Å². The maximum absolute atomic E-state index is 6.05. The zero-order chi connectivity index (χ0) is 13.7. The normalized spacial score (nSPS) is 23.4. The predicted molar refractivity (Wildman–Crippen MR) is 71.0 cm³/mol. The van der Waals surface area contributed by atoms with Gasteiger partial charge in [-0.15, -0.1) is 0 Å². The second kappa shape index (κ2) is 4.01. The number of hydrogen-bond acceptors (Lipinski definition) is 3. The molecule has 0 atom stereocenters. The zero-order valence-electron chi connectivity index (χ0n) is 12.4. The third-order valence-electron chi connectivity index (χ3n) is 4.69. The van der Waals surface area contributed by atoms with E-state index in [1.807, 2.05) is 27.7 Å². The van der Waals surface area contributed by atoms with Gasteiger partial charge in [-0.2, -0.15) is 0 Å². The highest BCUT2D eigenvalue weighted by molar-refractivity contribution is 6.52. The second-order valence-corrected chi connectivity index (χ2v) is 6.94. The SMILES string of the molecule is [B]OC(C)(C)C(C)(C)OB1OC(C)(C)C1(C)C. The number of rotatable bonds is 4. The molecule has 0 aromatic rings. The Morgan fingerprint density at radius 2 is 1.47 bits per heavy atom. The molecule has 1 aliphatic rings. The van der Waals surface area contributed by atoms with E-state index in [0.717, 1.165) is 0 Å². The molecule has 1 aliphatic heterocycles. The fourth-order valence-electron chi connectivity index (χ4n) is 1.52. The molecule has 0 spiro atoms. The van der Waals surface area contributed by atoms with E-state index in [0.29, 0.717) is 0 Å². The molecule has 0 bridgehead atoms. The van der Waals surface area contributed by atoms with E-state index < -0.39 is 11.2 Å². The van der Waals surface area contributed by atoms with Crippen LogP contribution in [0.25, 0.3) is 0 Å². The summed E-state index contributed by atoms with van der Waals surface area (Å²) in [5, 5.41) is -0.0328. The highest BCUT2D eigenvalue weighted by Crippen LogP contribution is 2.55. The van der Waals surface area contributed by atoms with Crippen molar-refractivity contribution in [2.45, 2.75) is 77.5 Å². The molecule has 0 aromatic carbocycles. The van der Waals surface area contributed by atoms with E-state index in [4.69, 9.17) is 22.0 Å². The predicted octanol–water partition coefficient (Wildman–Crippen LogP) is 2.74. The summed E-state index contributed by atoms with van der Waals surface area (Å²) < 4.78 is 16.9. The van der Waals surface area contributed by atoms with Gasteiger partial charge in [-0.1, -0.05) is 13.8 Å². The summed E-state index contributed by atoms with van der Waals surface area (Å²) in [5.41, 5.74) is -1.27. The van der Waals surface area contributed by atoms with Crippen LogP contribution in [0.3, 0.4) is 0 Å². The van der Waals surface area contributed by atoms with E-state index in [2.05, 4.69) is 27.7 Å². The summed E-state index contributed by atoms with van der Waals surface area (Å²) in [5.74, 6) is 0. The van der Waals surface area contributed by atoms with Crippen LogP contribution in [0.5, 0.6) is 0 Å². The largest absolute Gasteiger partial charge is 0.466 e. The van der Waals surface area contributed by atoms with Gasteiger partial charge in [-0.25, -0.2) is 0 Å². The van der Waals surface area contributed by atoms with Crippen molar-refractivity contribution in [3.8, 4) is 0 Å². The van der Waals surface area contributed by atoms with Crippen LogP contribution in [0.4, 0.5) is 0 Å². The van der Waals surface area contributed by atoms with Gasteiger partial charge < -0.3 is 14.0 Å². The first-order valence-corrected chi connectivity index (χ1v) is 6.11. The Labute approximate surface area is 107 Å². The third-order valence-corrected chi connectivity index (χ3v) is 4.69. The molecule has 0 aliphatic carbocycles. The molecule has 1 saturated heterocycles. The Balaban J connectivity index is 2.75. The highest BCUT2D eigenvalue weighted by atomic mass is 16.6. The van der Waals surface area contributed by atoms with Crippen LogP contribution < -0.4 is 0 Å². The minimum absolute atomic E-state index is 0.0328. The van der Waals surface area contributed by atoms with E-state index in [1.165, 1.54) is 0 Å². The standard InChI is InChI=1S/C12H24B2O3/c1-9(2)10(3,4)16-14(9)17-12(7,8)11(5,6)15-13/h1-8H3. The summed E-state index contributed by atoms with van der Waals surface area (Å²) >= 11 is 0. The van der Waals surface area contributed by atoms with Gasteiger partial charge in [0.15, 0.2) is 0 Å². The van der Waals surface area contributed by atoms with Gasteiger partial charge in [0.2, 0.25) is 0 Å². The maximum Gasteiger partial charge on any atom is 0.466 e. The smallest absolute Gasteiger partial charge is 0.440 e. The average molecular weight is 238 g/mol. The first kappa shape index (κ1) is 15.1. The fraction of sp³-hybridized carbons (Fsp3) is 1.00. The van der Waals surface area contributed by atoms with Gasteiger partial charge in [0.25, 0.3) is 8.05 Å². The van der Waals surface area contributed by atoms with E-state index in [1.54, 1.807) is 0 Å². The fourth-order valence-corrected chi connectivity index (χ4v) is 1.52. The van der Waals surface area contributed by atoms with E-state index >= 15 is 0 Å². The van der Waals surface area contributed by atoms with E-state index in [9.17, 15) is 0 Å². The van der Waals surface area contributed by atoms with Gasteiger partial charge >= 0.3 is 7.12 Å². The molecule has 0 unspecified atom stereocenters. The molecule has 2 radical (unpaired) electrons. The molecule has 3 nitrogen and oxygen atoms in total. The second-order valence-electron chi connectivity index (χ2n) is 6.94. The summed E-state index contributed by atoms with van der Waals surface area (Å²) in [6.07, 6.45) is 0. The maximum atomic E-state index is 6.05. The molecule has 0 aromatic heterocycles. The first-order valence-electron chi connectivity index (χ1n) is 6.11. The Morgan fingerprint density at radius 3 is 1.76 bits per heavy atom. The van der Waals surface area contributed by atoms with Crippen molar-refractivity contribution in [2.75, 3.05) is 0 Å². The molecule has 1 rings (SSSR count). The molecule has 5 heteroatoms. The molecule has 0 saturated carbocycles. The lowest BCUT2D eigenvalue weighted by Crippen LogP contribution is -2.66. The lowest BCUT2D eigenvalue weighted by molar-refractivity contribution is -0.131. The van der Waals surface area contributed by atoms with Crippen LogP contribution in [0.1, 0.15) is 55.4 Å². The van der Waals surface area contributed by atoms with Crippen LogP contribution in [-0.2, 0) is 14.0 Å². The zero-order valence-corrected chi connectivity index (χ0v) is 12.4. The Kier molecular flexibility index (Phi) is 3.55. The minimum atomic E-state index is -0.577. The lowest BCUT2D eigenvalue weighted by atomic mass is 9.45. The topological polar surface area (TPSA) is 27.7 Å². The van der Waals surface area contributed by atoms with Crippen LogP contribution in [0.15, 0.2) is 0 Å². The van der Waals surface area contributed by atoms with Crippen molar-refractivity contribution in [3.05, 3.63) is 0 Å². The van der Waals surface area contributed by atoms with Crippen LogP contribution >= 0.6 is 0 Å². The number of hydrogen-bond donors (Lipinski definition) is 0. The Hall–Kier alpha value is 0.00987. The summed E-state index contributed by atoms with van der Waals surface area (Å²) in [6.45, 7) is 16.2. The van der Waals surface area contributed by atoms with Crippen molar-refractivity contribution < 1.29 is 14.0 Å². The quantitative estimate of drug-likeness (QED) is 0.704. The van der Waals surface area contributed by atoms with Crippen molar-refractivity contribution in [3.63, 3.8) is 0 Å². The molecule has 0 N–H and O–H groups in total. The molecular weight excluding hydrogens is 214 g/mol. The molecule has 1 heterocycles. The van der Waals surface area contributed by atoms with Gasteiger partial charge in [-0.05, 0) is 41.5 Å². The van der Waals surface area contributed by atoms with Gasteiger partial charge in [0.1, 0.15) is 0 Å². The first-order chi connectivity index (χ1) is 7.37. The molecule has 96 valence electrons. The van der Waals surface area contributed by atoms with E-state index in [-0.39, 0.29) is 18.0 Å². The minimum Gasteiger partial charge on any atom is -0.440 e. The van der Waals surface area contributed by atoms with Crippen LogP contribution in [-0.4, -0.2) is 32.0 Å².